The van der Waals surface area contributed by atoms with Gasteiger partial charge >= 0.3 is 0 Å². The molecule has 0 radical (unpaired) electrons. The Kier molecular flexibility index (Phi) is 4.27. The summed E-state index contributed by atoms with van der Waals surface area (Å²) in [4.78, 5) is 16.7. The first-order chi connectivity index (χ1) is 10.6. The Hall–Kier alpha value is -2.10. The lowest BCUT2D eigenvalue weighted by Gasteiger charge is -2.05. The van der Waals surface area contributed by atoms with Gasteiger partial charge in [-0.3, -0.25) is 9.36 Å². The van der Waals surface area contributed by atoms with Gasteiger partial charge in [-0.25, -0.2) is 4.98 Å². The zero-order chi connectivity index (χ0) is 15.5. The maximum absolute atomic E-state index is 12.4. The molecule has 0 unspecified atom stereocenters. The molecule has 1 heterocycles. The Balaban J connectivity index is 1.94. The Bertz CT molecular complexity index is 902. The summed E-state index contributed by atoms with van der Waals surface area (Å²) in [7, 11) is 0. The van der Waals surface area contributed by atoms with E-state index in [0.717, 1.165) is 5.56 Å². The molecule has 0 N–H and O–H groups in total. The number of allylic oxidation sites excluding steroid dienone is 1. The predicted octanol–water partition coefficient (Wildman–Crippen LogP) is 4.42. The molecule has 0 aliphatic heterocycles. The molecule has 0 saturated carbocycles. The molecule has 1 aromatic heterocycles. The summed E-state index contributed by atoms with van der Waals surface area (Å²) in [5, 5.41) is 1.23. The number of aromatic nitrogens is 2. The highest BCUT2D eigenvalue weighted by Crippen LogP contribution is 2.23. The van der Waals surface area contributed by atoms with Gasteiger partial charge < -0.3 is 0 Å². The largest absolute Gasteiger partial charge is 0.295 e. The van der Waals surface area contributed by atoms with Crippen molar-refractivity contribution in [1.29, 1.82) is 0 Å². The van der Waals surface area contributed by atoms with E-state index in [0.29, 0.717) is 27.5 Å². The van der Waals surface area contributed by atoms with Gasteiger partial charge in [-0.2, -0.15) is 0 Å². The van der Waals surface area contributed by atoms with E-state index in [4.69, 9.17) is 23.2 Å². The van der Waals surface area contributed by atoms with Gasteiger partial charge in [0.15, 0.2) is 0 Å². The lowest BCUT2D eigenvalue weighted by Crippen LogP contribution is -2.20. The Labute approximate surface area is 137 Å². The Morgan fingerprint density at radius 1 is 1.14 bits per heavy atom. The minimum Gasteiger partial charge on any atom is -0.295 e. The fraction of sp³-hybridized carbons (Fsp3) is 0.0588. The fourth-order valence-corrected chi connectivity index (χ4v) is 2.73. The SMILES string of the molecule is O=c1c2cc(Cl)cc(Cl)c2ncn1C/C=C\c1ccccc1. The highest BCUT2D eigenvalue weighted by Gasteiger charge is 2.08. The summed E-state index contributed by atoms with van der Waals surface area (Å²) >= 11 is 12.0. The van der Waals surface area contributed by atoms with Crippen LogP contribution in [0.15, 0.2) is 59.7 Å². The van der Waals surface area contributed by atoms with Crippen molar-refractivity contribution >= 4 is 40.2 Å². The van der Waals surface area contributed by atoms with E-state index in [1.165, 1.54) is 10.9 Å². The van der Waals surface area contributed by atoms with Gasteiger partial charge in [-0.05, 0) is 17.7 Å². The molecule has 110 valence electrons. The van der Waals surface area contributed by atoms with Crippen LogP contribution in [0.4, 0.5) is 0 Å². The highest BCUT2D eigenvalue weighted by atomic mass is 35.5. The summed E-state index contributed by atoms with van der Waals surface area (Å²) in [5.74, 6) is 0. The third-order valence-corrected chi connectivity index (χ3v) is 3.76. The third-order valence-electron chi connectivity index (χ3n) is 3.26. The van der Waals surface area contributed by atoms with Crippen LogP contribution >= 0.6 is 23.2 Å². The van der Waals surface area contributed by atoms with E-state index in [2.05, 4.69) is 4.98 Å². The summed E-state index contributed by atoms with van der Waals surface area (Å²) in [6.07, 6.45) is 5.37. The average molecular weight is 331 g/mol. The molecule has 0 amide bonds. The summed E-state index contributed by atoms with van der Waals surface area (Å²) in [5.41, 5.74) is 1.39. The van der Waals surface area contributed by atoms with E-state index in [1.54, 1.807) is 12.1 Å². The molecule has 0 aliphatic rings. The first-order valence-electron chi connectivity index (χ1n) is 6.71. The standard InChI is InChI=1S/C17H12Cl2N2O/c18-13-9-14-16(15(19)10-13)20-11-21(17(14)22)8-4-7-12-5-2-1-3-6-12/h1-7,9-11H,8H2/b7-4-. The van der Waals surface area contributed by atoms with E-state index in [-0.39, 0.29) is 5.56 Å². The van der Waals surface area contributed by atoms with Crippen molar-refractivity contribution in [2.24, 2.45) is 0 Å². The first kappa shape index (κ1) is 14.8. The highest BCUT2D eigenvalue weighted by molar-refractivity contribution is 6.38. The second-order valence-electron chi connectivity index (χ2n) is 4.80. The zero-order valence-corrected chi connectivity index (χ0v) is 13.1. The van der Waals surface area contributed by atoms with Crippen LogP contribution in [0.3, 0.4) is 0 Å². The summed E-state index contributed by atoms with van der Waals surface area (Å²) in [6.45, 7) is 0.431. The molecule has 3 nitrogen and oxygen atoms in total. The fourth-order valence-electron chi connectivity index (χ4n) is 2.19. The normalized spacial score (nSPS) is 11.4. The van der Waals surface area contributed by atoms with Crippen LogP contribution < -0.4 is 5.56 Å². The number of hydrogen-bond acceptors (Lipinski definition) is 2. The second kappa shape index (κ2) is 6.34. The zero-order valence-electron chi connectivity index (χ0n) is 11.5. The van der Waals surface area contributed by atoms with Crippen LogP contribution in [0, 0.1) is 0 Å². The second-order valence-corrected chi connectivity index (χ2v) is 5.64. The number of halogens is 2. The van der Waals surface area contributed by atoms with Gasteiger partial charge in [0.25, 0.3) is 5.56 Å². The molecule has 5 heteroatoms. The minimum atomic E-state index is -0.160. The molecule has 3 aromatic rings. The third kappa shape index (κ3) is 3.06. The van der Waals surface area contributed by atoms with Crippen molar-refractivity contribution in [2.75, 3.05) is 0 Å². The van der Waals surface area contributed by atoms with Crippen molar-refractivity contribution < 1.29 is 0 Å². The van der Waals surface area contributed by atoms with E-state index in [9.17, 15) is 4.79 Å². The molecule has 0 fully saturated rings. The van der Waals surface area contributed by atoms with Crippen molar-refractivity contribution in [3.05, 3.63) is 80.8 Å². The Morgan fingerprint density at radius 2 is 1.91 bits per heavy atom. The van der Waals surface area contributed by atoms with E-state index < -0.39 is 0 Å². The number of fused-ring (bicyclic) bond motifs is 1. The van der Waals surface area contributed by atoms with Gasteiger partial charge in [0.2, 0.25) is 0 Å². The van der Waals surface area contributed by atoms with Crippen molar-refractivity contribution in [2.45, 2.75) is 6.54 Å². The van der Waals surface area contributed by atoms with Gasteiger partial charge in [-0.1, -0.05) is 65.7 Å². The molecular weight excluding hydrogens is 319 g/mol. The van der Waals surface area contributed by atoms with Crippen LogP contribution in [-0.2, 0) is 6.54 Å². The van der Waals surface area contributed by atoms with Gasteiger partial charge in [0, 0.05) is 11.6 Å². The first-order valence-corrected chi connectivity index (χ1v) is 7.46. The van der Waals surface area contributed by atoms with E-state index >= 15 is 0 Å². The van der Waals surface area contributed by atoms with Crippen LogP contribution in [0.5, 0.6) is 0 Å². The maximum atomic E-state index is 12.4. The molecule has 0 saturated heterocycles. The van der Waals surface area contributed by atoms with E-state index in [1.807, 2.05) is 42.5 Å². The topological polar surface area (TPSA) is 34.9 Å². The van der Waals surface area contributed by atoms with Crippen molar-refractivity contribution in [3.63, 3.8) is 0 Å². The molecular formula is C17H12Cl2N2O. The van der Waals surface area contributed by atoms with Crippen LogP contribution in [0.2, 0.25) is 10.0 Å². The summed E-state index contributed by atoms with van der Waals surface area (Å²) in [6, 6.07) is 13.1. The molecule has 0 spiro atoms. The van der Waals surface area contributed by atoms with Crippen LogP contribution in [0.1, 0.15) is 5.56 Å². The van der Waals surface area contributed by atoms with Crippen LogP contribution in [-0.4, -0.2) is 9.55 Å². The van der Waals surface area contributed by atoms with Crippen molar-refractivity contribution in [1.82, 2.24) is 9.55 Å². The molecule has 0 aliphatic carbocycles. The van der Waals surface area contributed by atoms with Gasteiger partial charge in [0.05, 0.1) is 22.3 Å². The quantitative estimate of drug-likeness (QED) is 0.712. The number of rotatable bonds is 3. The lowest BCUT2D eigenvalue weighted by molar-refractivity contribution is 0.769. The van der Waals surface area contributed by atoms with Crippen LogP contribution in [0.25, 0.3) is 17.0 Å². The Morgan fingerprint density at radius 3 is 2.68 bits per heavy atom. The number of nitrogens with zero attached hydrogens (tertiary/aromatic N) is 2. The average Bonchev–Trinajstić information content (AvgIpc) is 2.51. The molecule has 0 atom stereocenters. The predicted molar refractivity (Wildman–Crippen MR) is 91.5 cm³/mol. The number of benzene rings is 2. The smallest absolute Gasteiger partial charge is 0.261 e. The van der Waals surface area contributed by atoms with Gasteiger partial charge in [0.1, 0.15) is 0 Å². The minimum absolute atomic E-state index is 0.160. The molecule has 3 rings (SSSR count). The lowest BCUT2D eigenvalue weighted by atomic mass is 10.2. The number of hydrogen-bond donors (Lipinski definition) is 0. The monoisotopic (exact) mass is 330 g/mol. The van der Waals surface area contributed by atoms with Crippen molar-refractivity contribution in [3.8, 4) is 0 Å². The molecule has 0 bridgehead atoms. The van der Waals surface area contributed by atoms with Gasteiger partial charge in [-0.15, -0.1) is 0 Å². The molecule has 2 aromatic carbocycles. The summed E-state index contributed by atoms with van der Waals surface area (Å²) < 4.78 is 1.52. The maximum Gasteiger partial charge on any atom is 0.261 e. The molecule has 22 heavy (non-hydrogen) atoms.